The Kier molecular flexibility index (Phi) is 5.83. The molecule has 1 aliphatic heterocycles. The van der Waals surface area contributed by atoms with E-state index < -0.39 is 17.6 Å². The molecule has 2 aromatic rings. The Morgan fingerprint density at radius 2 is 1.83 bits per heavy atom. The van der Waals surface area contributed by atoms with E-state index in [1.54, 1.807) is 6.07 Å². The van der Waals surface area contributed by atoms with Gasteiger partial charge in [-0.2, -0.15) is 13.2 Å². The Hall–Kier alpha value is -2.06. The highest BCUT2D eigenvalue weighted by molar-refractivity contribution is 7.14. The van der Waals surface area contributed by atoms with E-state index in [4.69, 9.17) is 4.74 Å². The van der Waals surface area contributed by atoms with Crippen LogP contribution in [0.25, 0.3) is 0 Å². The lowest BCUT2D eigenvalue weighted by Crippen LogP contribution is -2.36. The number of fused-ring (bicyclic) bond motifs is 1. The molecular formula is C21H23F3N2O2S. The Labute approximate surface area is 171 Å². The molecule has 8 heteroatoms. The zero-order chi connectivity index (χ0) is 20.4. The summed E-state index contributed by atoms with van der Waals surface area (Å²) in [5, 5.41) is 2.50. The van der Waals surface area contributed by atoms with Crippen LogP contribution in [0.15, 0.2) is 24.3 Å². The van der Waals surface area contributed by atoms with Gasteiger partial charge in [0.15, 0.2) is 0 Å². The first kappa shape index (κ1) is 20.2. The molecule has 2 aliphatic rings. The number of carbonyl (C=O) groups is 1. The van der Waals surface area contributed by atoms with Crippen LogP contribution in [-0.4, -0.2) is 32.2 Å². The molecule has 4 nitrogen and oxygen atoms in total. The predicted octanol–water partition coefficient (Wildman–Crippen LogP) is 5.12. The normalized spacial score (nSPS) is 17.6. The highest BCUT2D eigenvalue weighted by atomic mass is 32.1. The summed E-state index contributed by atoms with van der Waals surface area (Å²) < 4.78 is 46.3. The first-order valence-electron chi connectivity index (χ1n) is 9.89. The van der Waals surface area contributed by atoms with E-state index in [-0.39, 0.29) is 5.69 Å². The SMILES string of the molecule is O=C(Nc1ccc(N2CCOCC2)cc1C(F)(F)F)c1cc2c(s1)CCCCC2. The third-order valence-electron chi connectivity index (χ3n) is 5.40. The summed E-state index contributed by atoms with van der Waals surface area (Å²) >= 11 is 1.40. The second-order valence-corrected chi connectivity index (χ2v) is 8.54. The van der Waals surface area contributed by atoms with Gasteiger partial charge in [-0.1, -0.05) is 6.42 Å². The standard InChI is InChI=1S/C21H23F3N2O2S/c22-21(23,24)16-13-15(26-8-10-28-11-9-26)6-7-17(16)25-20(27)19-12-14-4-2-1-3-5-18(14)29-19/h6-7,12-13H,1-5,8-11H2,(H,25,27). The molecule has 0 atom stereocenters. The second-order valence-electron chi connectivity index (χ2n) is 7.40. The molecule has 0 radical (unpaired) electrons. The van der Waals surface area contributed by atoms with Gasteiger partial charge in [-0.05, 0) is 55.5 Å². The molecule has 1 N–H and O–H groups in total. The van der Waals surface area contributed by atoms with E-state index >= 15 is 0 Å². The Morgan fingerprint density at radius 3 is 2.59 bits per heavy atom. The van der Waals surface area contributed by atoms with E-state index in [1.807, 2.05) is 11.0 Å². The van der Waals surface area contributed by atoms with Crippen molar-refractivity contribution in [3.8, 4) is 0 Å². The van der Waals surface area contributed by atoms with Gasteiger partial charge in [0.25, 0.3) is 5.91 Å². The maximum absolute atomic E-state index is 13.7. The number of thiophene rings is 1. The number of carbonyl (C=O) groups excluding carboxylic acids is 1. The van der Waals surface area contributed by atoms with Gasteiger partial charge in [0.2, 0.25) is 0 Å². The van der Waals surface area contributed by atoms with E-state index in [9.17, 15) is 18.0 Å². The number of halogens is 3. The fourth-order valence-electron chi connectivity index (χ4n) is 3.86. The van der Waals surface area contributed by atoms with Crippen LogP contribution in [0.5, 0.6) is 0 Å². The number of morpholine rings is 1. The van der Waals surface area contributed by atoms with Crippen molar-refractivity contribution in [1.82, 2.24) is 0 Å². The van der Waals surface area contributed by atoms with Crippen molar-refractivity contribution >= 4 is 28.6 Å². The lowest BCUT2D eigenvalue weighted by Gasteiger charge is -2.29. The number of hydrogen-bond acceptors (Lipinski definition) is 4. The molecule has 1 fully saturated rings. The first-order valence-corrected chi connectivity index (χ1v) is 10.7. The minimum atomic E-state index is -4.56. The molecule has 0 bridgehead atoms. The molecule has 0 saturated carbocycles. The number of hydrogen-bond donors (Lipinski definition) is 1. The fourth-order valence-corrected chi connectivity index (χ4v) is 5.01. The van der Waals surface area contributed by atoms with Crippen LogP contribution in [0.1, 0.15) is 44.9 Å². The lowest BCUT2D eigenvalue weighted by molar-refractivity contribution is -0.136. The Balaban J connectivity index is 1.58. The number of aryl methyl sites for hydroxylation is 2. The highest BCUT2D eigenvalue weighted by Crippen LogP contribution is 2.38. The monoisotopic (exact) mass is 424 g/mol. The number of alkyl halides is 3. The number of ether oxygens (including phenoxy) is 1. The molecule has 4 rings (SSSR count). The van der Waals surface area contributed by atoms with Crippen molar-refractivity contribution in [3.05, 3.63) is 45.1 Å². The summed E-state index contributed by atoms with van der Waals surface area (Å²) in [6.45, 7) is 2.07. The summed E-state index contributed by atoms with van der Waals surface area (Å²) in [7, 11) is 0. The zero-order valence-corrected chi connectivity index (χ0v) is 16.8. The molecule has 1 aliphatic carbocycles. The van der Waals surface area contributed by atoms with E-state index in [0.29, 0.717) is 36.9 Å². The zero-order valence-electron chi connectivity index (χ0n) is 16.0. The third kappa shape index (κ3) is 4.59. The summed E-state index contributed by atoms with van der Waals surface area (Å²) in [4.78, 5) is 16.2. The molecule has 1 saturated heterocycles. The molecule has 1 aromatic heterocycles. The van der Waals surface area contributed by atoms with Gasteiger partial charge in [0.1, 0.15) is 0 Å². The van der Waals surface area contributed by atoms with Gasteiger partial charge in [0, 0.05) is 23.7 Å². The Morgan fingerprint density at radius 1 is 1.07 bits per heavy atom. The van der Waals surface area contributed by atoms with E-state index in [2.05, 4.69) is 5.32 Å². The van der Waals surface area contributed by atoms with Crippen LogP contribution in [0, 0.1) is 0 Å². The van der Waals surface area contributed by atoms with Gasteiger partial charge in [-0.15, -0.1) is 11.3 Å². The van der Waals surface area contributed by atoms with Crippen LogP contribution < -0.4 is 10.2 Å². The minimum Gasteiger partial charge on any atom is -0.378 e. The quantitative estimate of drug-likeness (QED) is 0.695. The predicted molar refractivity (Wildman–Crippen MR) is 108 cm³/mol. The summed E-state index contributed by atoms with van der Waals surface area (Å²) in [5.74, 6) is -0.479. The number of anilines is 2. The number of amides is 1. The summed E-state index contributed by atoms with van der Waals surface area (Å²) in [5.41, 5.74) is 0.619. The van der Waals surface area contributed by atoms with Crippen molar-refractivity contribution in [2.75, 3.05) is 36.5 Å². The largest absolute Gasteiger partial charge is 0.418 e. The van der Waals surface area contributed by atoms with Crippen LogP contribution in [0.2, 0.25) is 0 Å². The maximum atomic E-state index is 13.7. The number of benzene rings is 1. The second kappa shape index (κ2) is 8.36. The minimum absolute atomic E-state index is 0.205. The smallest absolute Gasteiger partial charge is 0.378 e. The lowest BCUT2D eigenvalue weighted by atomic mass is 10.1. The van der Waals surface area contributed by atoms with Crippen molar-refractivity contribution in [2.24, 2.45) is 0 Å². The molecule has 2 heterocycles. The van der Waals surface area contributed by atoms with Crippen molar-refractivity contribution in [3.63, 3.8) is 0 Å². The van der Waals surface area contributed by atoms with Gasteiger partial charge in [-0.25, -0.2) is 0 Å². The molecule has 29 heavy (non-hydrogen) atoms. The van der Waals surface area contributed by atoms with E-state index in [1.165, 1.54) is 28.7 Å². The number of nitrogens with zero attached hydrogens (tertiary/aromatic N) is 1. The van der Waals surface area contributed by atoms with E-state index in [0.717, 1.165) is 37.3 Å². The number of rotatable bonds is 3. The average molecular weight is 424 g/mol. The fraction of sp³-hybridized carbons (Fsp3) is 0.476. The van der Waals surface area contributed by atoms with Gasteiger partial charge >= 0.3 is 6.18 Å². The molecule has 0 spiro atoms. The number of nitrogens with one attached hydrogen (secondary N) is 1. The topological polar surface area (TPSA) is 41.6 Å². The van der Waals surface area contributed by atoms with Gasteiger partial charge in [0.05, 0.1) is 29.3 Å². The van der Waals surface area contributed by atoms with Crippen LogP contribution in [0.3, 0.4) is 0 Å². The van der Waals surface area contributed by atoms with Crippen molar-refractivity contribution in [1.29, 1.82) is 0 Å². The van der Waals surface area contributed by atoms with Crippen LogP contribution in [0.4, 0.5) is 24.5 Å². The first-order chi connectivity index (χ1) is 13.9. The van der Waals surface area contributed by atoms with Crippen LogP contribution >= 0.6 is 11.3 Å². The Bertz CT molecular complexity index is 865. The summed E-state index contributed by atoms with van der Waals surface area (Å²) in [6.07, 6.45) is 0.670. The van der Waals surface area contributed by atoms with Gasteiger partial charge in [-0.3, -0.25) is 4.79 Å². The highest BCUT2D eigenvalue weighted by Gasteiger charge is 2.35. The molecule has 1 amide bonds. The maximum Gasteiger partial charge on any atom is 0.418 e. The van der Waals surface area contributed by atoms with Crippen molar-refractivity contribution < 1.29 is 22.7 Å². The molecule has 0 unspecified atom stereocenters. The van der Waals surface area contributed by atoms with Gasteiger partial charge < -0.3 is 15.0 Å². The average Bonchev–Trinajstić information content (AvgIpc) is 2.99. The summed E-state index contributed by atoms with van der Waals surface area (Å²) in [6, 6.07) is 5.93. The molecule has 1 aromatic carbocycles. The van der Waals surface area contributed by atoms with Crippen LogP contribution in [-0.2, 0) is 23.8 Å². The third-order valence-corrected chi connectivity index (χ3v) is 6.64. The van der Waals surface area contributed by atoms with Crippen molar-refractivity contribution in [2.45, 2.75) is 38.3 Å². The molecular weight excluding hydrogens is 401 g/mol. The molecule has 156 valence electrons.